The molecule has 2 aromatic carbocycles. The number of carbonyl (C=O) groups is 1. The van der Waals surface area contributed by atoms with Gasteiger partial charge in [-0.25, -0.2) is 18.7 Å². The van der Waals surface area contributed by atoms with Crippen LogP contribution in [0.3, 0.4) is 0 Å². The molecular formula is C27H25F2N3O3. The Balaban J connectivity index is 1.74. The van der Waals surface area contributed by atoms with Gasteiger partial charge in [-0.05, 0) is 73.7 Å². The van der Waals surface area contributed by atoms with Gasteiger partial charge in [0.1, 0.15) is 17.5 Å². The highest BCUT2D eigenvalue weighted by molar-refractivity contribution is 5.92. The summed E-state index contributed by atoms with van der Waals surface area (Å²) in [6, 6.07) is 8.29. The van der Waals surface area contributed by atoms with Crippen LogP contribution in [0.25, 0.3) is 11.3 Å². The lowest BCUT2D eigenvalue weighted by Gasteiger charge is -2.23. The minimum atomic E-state index is -1.17. The van der Waals surface area contributed by atoms with Gasteiger partial charge in [-0.3, -0.25) is 4.79 Å². The normalized spacial score (nSPS) is 13.9. The molecule has 1 aliphatic carbocycles. The number of benzene rings is 2. The van der Waals surface area contributed by atoms with Crippen LogP contribution in [0.15, 0.2) is 60.2 Å². The number of aryl methyl sites for hydroxylation is 2. The van der Waals surface area contributed by atoms with Gasteiger partial charge in [-0.15, -0.1) is 0 Å². The second-order valence-corrected chi connectivity index (χ2v) is 8.26. The molecule has 3 N–H and O–H groups in total. The highest BCUT2D eigenvalue weighted by Gasteiger charge is 2.26. The summed E-state index contributed by atoms with van der Waals surface area (Å²) in [5, 5.41) is 23.7. The summed E-state index contributed by atoms with van der Waals surface area (Å²) >= 11 is 0. The summed E-state index contributed by atoms with van der Waals surface area (Å²) in [6.45, 7) is 3.60. The molecule has 1 aliphatic rings. The fourth-order valence-corrected chi connectivity index (χ4v) is 4.13. The van der Waals surface area contributed by atoms with E-state index in [9.17, 15) is 23.8 Å². The van der Waals surface area contributed by atoms with Crippen LogP contribution < -0.4 is 5.32 Å². The van der Waals surface area contributed by atoms with Crippen molar-refractivity contribution in [3.63, 3.8) is 0 Å². The van der Waals surface area contributed by atoms with Crippen molar-refractivity contribution in [3.8, 4) is 17.0 Å². The number of nitrogens with zero attached hydrogens (tertiary/aromatic N) is 2. The second-order valence-electron chi connectivity index (χ2n) is 8.26. The molecule has 1 heterocycles. The maximum Gasteiger partial charge on any atom is 0.229 e. The van der Waals surface area contributed by atoms with Crippen LogP contribution in [0.5, 0.6) is 5.75 Å². The van der Waals surface area contributed by atoms with Crippen molar-refractivity contribution in [2.75, 3.05) is 5.32 Å². The second kappa shape index (κ2) is 10.1. The molecule has 1 aromatic heterocycles. The van der Waals surface area contributed by atoms with E-state index in [4.69, 9.17) is 4.98 Å². The monoisotopic (exact) mass is 477 g/mol. The van der Waals surface area contributed by atoms with Crippen molar-refractivity contribution in [3.05, 3.63) is 94.3 Å². The van der Waals surface area contributed by atoms with Gasteiger partial charge >= 0.3 is 0 Å². The molecule has 0 aliphatic heterocycles. The molecule has 1 unspecified atom stereocenters. The fraction of sp³-hybridized carbons (Fsp3) is 0.222. The highest BCUT2D eigenvalue weighted by atomic mass is 19.2. The Morgan fingerprint density at radius 1 is 1.11 bits per heavy atom. The average Bonchev–Trinajstić information content (AvgIpc) is 2.83. The number of aromatic nitrogens is 2. The highest BCUT2D eigenvalue weighted by Crippen LogP contribution is 2.37. The predicted octanol–water partition coefficient (Wildman–Crippen LogP) is 4.96. The summed E-state index contributed by atoms with van der Waals surface area (Å²) in [7, 11) is 0. The fourth-order valence-electron chi connectivity index (χ4n) is 4.13. The molecule has 0 radical (unpaired) electrons. The number of phenolic OH excluding ortho intramolecular Hbond substituents is 1. The maximum atomic E-state index is 13.6. The Bertz CT molecular complexity index is 1350. The Morgan fingerprint density at radius 3 is 2.63 bits per heavy atom. The minimum Gasteiger partial charge on any atom is -0.508 e. The Labute approximate surface area is 201 Å². The summed E-state index contributed by atoms with van der Waals surface area (Å²) in [5.41, 5.74) is 3.98. The van der Waals surface area contributed by atoms with Gasteiger partial charge in [0.2, 0.25) is 5.91 Å². The summed E-state index contributed by atoms with van der Waals surface area (Å²) < 4.78 is 26.8. The number of hydrogen-bond donors (Lipinski definition) is 3. The molecule has 3 aromatic rings. The zero-order chi connectivity index (χ0) is 25.1. The zero-order valence-electron chi connectivity index (χ0n) is 19.3. The number of aromatic hydroxyl groups is 1. The number of aliphatic hydroxyl groups excluding tert-OH is 1. The molecule has 8 heteroatoms. The standard InChI is InChI=1S/C27H25F2N3O3/c1-3-5-16(4-2)26(35)25-27(31-23(34)13-15-6-10-20(28)21(29)12-15)30-22-11-7-17-14-18(33)8-9-19(17)24(22)32-25/h3-6,8-10,12,14,26,33,35H,7,11,13H2,1-2H3,(H,30,31,34)/b5-3-,16-4+. The molecule has 0 saturated heterocycles. The number of carbonyl (C=O) groups excluding carboxylic acids is 1. The third-order valence-corrected chi connectivity index (χ3v) is 5.84. The molecule has 4 rings (SSSR count). The van der Waals surface area contributed by atoms with E-state index in [1.807, 2.05) is 6.92 Å². The van der Waals surface area contributed by atoms with Gasteiger partial charge in [-0.2, -0.15) is 0 Å². The Morgan fingerprint density at radius 2 is 1.91 bits per heavy atom. The number of amides is 1. The molecule has 35 heavy (non-hydrogen) atoms. The van der Waals surface area contributed by atoms with Crippen molar-refractivity contribution >= 4 is 11.7 Å². The van der Waals surface area contributed by atoms with Crippen molar-refractivity contribution in [2.24, 2.45) is 0 Å². The number of fused-ring (bicyclic) bond motifs is 3. The molecule has 180 valence electrons. The Hall–Kier alpha value is -3.91. The van der Waals surface area contributed by atoms with Crippen molar-refractivity contribution in [2.45, 2.75) is 39.2 Å². The first-order valence-corrected chi connectivity index (χ1v) is 11.2. The lowest BCUT2D eigenvalue weighted by Crippen LogP contribution is -2.21. The SMILES string of the molecule is C/C=C\C(=C/C)C(O)c1nc2c(nc1NC(=O)Cc1ccc(F)c(F)c1)CCc1cc(O)ccc1-2. The van der Waals surface area contributed by atoms with E-state index >= 15 is 0 Å². The first-order valence-electron chi connectivity index (χ1n) is 11.2. The molecule has 0 bridgehead atoms. The van der Waals surface area contributed by atoms with Crippen LogP contribution >= 0.6 is 0 Å². The van der Waals surface area contributed by atoms with Crippen LogP contribution in [-0.4, -0.2) is 26.1 Å². The van der Waals surface area contributed by atoms with E-state index in [-0.39, 0.29) is 23.7 Å². The number of nitrogens with one attached hydrogen (secondary N) is 1. The molecular weight excluding hydrogens is 452 g/mol. The van der Waals surface area contributed by atoms with Crippen LogP contribution in [0.2, 0.25) is 0 Å². The third kappa shape index (κ3) is 5.12. The van der Waals surface area contributed by atoms with E-state index < -0.39 is 23.6 Å². The van der Waals surface area contributed by atoms with Gasteiger partial charge in [-0.1, -0.05) is 24.3 Å². The van der Waals surface area contributed by atoms with Gasteiger partial charge < -0.3 is 15.5 Å². The van der Waals surface area contributed by atoms with Crippen LogP contribution in [0.4, 0.5) is 14.6 Å². The van der Waals surface area contributed by atoms with Crippen molar-refractivity contribution in [1.82, 2.24) is 9.97 Å². The van der Waals surface area contributed by atoms with E-state index in [1.54, 1.807) is 43.4 Å². The molecule has 1 atom stereocenters. The molecule has 0 fully saturated rings. The molecule has 1 amide bonds. The smallest absolute Gasteiger partial charge is 0.229 e. The minimum absolute atomic E-state index is 0.106. The number of rotatable bonds is 6. The lowest BCUT2D eigenvalue weighted by molar-refractivity contribution is -0.115. The maximum absolute atomic E-state index is 13.6. The number of allylic oxidation sites excluding steroid dienone is 2. The van der Waals surface area contributed by atoms with Gasteiger partial charge in [0.25, 0.3) is 0 Å². The van der Waals surface area contributed by atoms with Gasteiger partial charge in [0, 0.05) is 5.56 Å². The predicted molar refractivity (Wildman–Crippen MR) is 129 cm³/mol. The third-order valence-electron chi connectivity index (χ3n) is 5.84. The number of halogens is 2. The lowest BCUT2D eigenvalue weighted by atomic mass is 9.91. The first-order chi connectivity index (χ1) is 16.8. The first kappa shape index (κ1) is 24.2. The van der Waals surface area contributed by atoms with E-state index in [1.165, 1.54) is 6.07 Å². The van der Waals surface area contributed by atoms with Gasteiger partial charge in [0.05, 0.1) is 17.8 Å². The largest absolute Gasteiger partial charge is 0.508 e. The van der Waals surface area contributed by atoms with Crippen LogP contribution in [0, 0.1) is 11.6 Å². The van der Waals surface area contributed by atoms with E-state index in [2.05, 4.69) is 10.3 Å². The number of aliphatic hydroxyl groups is 1. The number of anilines is 1. The van der Waals surface area contributed by atoms with E-state index in [0.29, 0.717) is 35.4 Å². The zero-order valence-corrected chi connectivity index (χ0v) is 19.3. The number of phenols is 1. The van der Waals surface area contributed by atoms with Crippen molar-refractivity contribution < 1.29 is 23.8 Å². The summed E-state index contributed by atoms with van der Waals surface area (Å²) in [5.74, 6) is -2.26. The quantitative estimate of drug-likeness (QED) is 0.436. The molecule has 6 nitrogen and oxygen atoms in total. The topological polar surface area (TPSA) is 95.3 Å². The Kier molecular flexibility index (Phi) is 7.02. The molecule has 0 spiro atoms. The van der Waals surface area contributed by atoms with Crippen molar-refractivity contribution in [1.29, 1.82) is 0 Å². The summed E-state index contributed by atoms with van der Waals surface area (Å²) in [6.07, 6.45) is 5.05. The van der Waals surface area contributed by atoms with Crippen LogP contribution in [-0.2, 0) is 24.1 Å². The van der Waals surface area contributed by atoms with Crippen LogP contribution in [0.1, 0.15) is 42.5 Å². The summed E-state index contributed by atoms with van der Waals surface area (Å²) in [4.78, 5) is 22.2. The molecule has 0 saturated carbocycles. The number of hydrogen-bond acceptors (Lipinski definition) is 5. The average molecular weight is 478 g/mol. The van der Waals surface area contributed by atoms with Gasteiger partial charge in [0.15, 0.2) is 17.5 Å². The van der Waals surface area contributed by atoms with E-state index in [0.717, 1.165) is 23.3 Å².